The van der Waals surface area contributed by atoms with E-state index in [1.54, 1.807) is 24.3 Å². The van der Waals surface area contributed by atoms with E-state index in [0.29, 0.717) is 5.56 Å². The lowest BCUT2D eigenvalue weighted by Crippen LogP contribution is -2.33. The lowest BCUT2D eigenvalue weighted by atomic mass is 10.2. The molecule has 0 saturated carbocycles. The molecule has 0 bridgehead atoms. The molecule has 6 heteroatoms. The third-order valence-electron chi connectivity index (χ3n) is 3.27. The highest BCUT2D eigenvalue weighted by Gasteiger charge is 2.32. The largest absolute Gasteiger partial charge is 0.388 e. The van der Waals surface area contributed by atoms with Crippen LogP contribution in [0.15, 0.2) is 30.3 Å². The third kappa shape index (κ3) is 3.55. The molecule has 0 radical (unpaired) electrons. The first-order valence-electron chi connectivity index (χ1n) is 6.55. The average Bonchev–Trinajstić information content (AvgIpc) is 2.79. The van der Waals surface area contributed by atoms with Gasteiger partial charge in [0.25, 0.3) is 5.91 Å². The van der Waals surface area contributed by atoms with E-state index in [1.165, 1.54) is 4.90 Å². The number of aliphatic hydroxyl groups is 2. The summed E-state index contributed by atoms with van der Waals surface area (Å²) in [4.78, 5) is 24.9. The summed E-state index contributed by atoms with van der Waals surface area (Å²) in [6.07, 6.45) is -1.60. The molecule has 0 spiro atoms. The summed E-state index contributed by atoms with van der Waals surface area (Å²) < 4.78 is 0. The molecule has 6 nitrogen and oxygen atoms in total. The van der Waals surface area contributed by atoms with Crippen molar-refractivity contribution in [3.63, 3.8) is 0 Å². The number of aliphatic hydroxyl groups excluding tert-OH is 2. The van der Waals surface area contributed by atoms with Crippen molar-refractivity contribution in [2.45, 2.75) is 18.6 Å². The number of hydrogen-bond donors (Lipinski definition) is 3. The van der Waals surface area contributed by atoms with E-state index in [1.807, 2.05) is 6.07 Å². The summed E-state index contributed by atoms with van der Waals surface area (Å²) >= 11 is 0. The van der Waals surface area contributed by atoms with Crippen LogP contribution in [0.25, 0.3) is 0 Å². The van der Waals surface area contributed by atoms with Crippen LogP contribution in [-0.4, -0.2) is 58.8 Å². The highest BCUT2D eigenvalue weighted by Crippen LogP contribution is 2.10. The Morgan fingerprint density at radius 2 is 1.75 bits per heavy atom. The first-order chi connectivity index (χ1) is 9.58. The number of likely N-dealkylation sites (tertiary alicyclic amines) is 1. The molecule has 1 aliphatic rings. The fraction of sp³-hybridized carbons (Fsp3) is 0.429. The van der Waals surface area contributed by atoms with E-state index in [-0.39, 0.29) is 37.9 Å². The summed E-state index contributed by atoms with van der Waals surface area (Å²) in [5.74, 6) is -0.408. The number of amides is 2. The maximum Gasteiger partial charge on any atom is 0.251 e. The first kappa shape index (κ1) is 14.5. The van der Waals surface area contributed by atoms with Gasteiger partial charge in [0.1, 0.15) is 0 Å². The van der Waals surface area contributed by atoms with Gasteiger partial charge in [0.15, 0.2) is 0 Å². The van der Waals surface area contributed by atoms with Gasteiger partial charge in [0.2, 0.25) is 5.91 Å². The number of rotatable bonds is 4. The lowest BCUT2D eigenvalue weighted by molar-refractivity contribution is -0.130. The molecule has 1 aromatic rings. The van der Waals surface area contributed by atoms with Crippen LogP contribution in [0.1, 0.15) is 16.8 Å². The summed E-state index contributed by atoms with van der Waals surface area (Å²) in [5, 5.41) is 21.4. The van der Waals surface area contributed by atoms with Crippen molar-refractivity contribution in [3.8, 4) is 0 Å². The van der Waals surface area contributed by atoms with Crippen LogP contribution >= 0.6 is 0 Å². The number of benzene rings is 1. The predicted octanol–water partition coefficient (Wildman–Crippen LogP) is -0.629. The highest BCUT2D eigenvalue weighted by atomic mass is 16.3. The van der Waals surface area contributed by atoms with Crippen molar-refractivity contribution < 1.29 is 19.8 Å². The quantitative estimate of drug-likeness (QED) is 0.684. The minimum atomic E-state index is -0.877. The van der Waals surface area contributed by atoms with Gasteiger partial charge < -0.3 is 20.4 Å². The molecule has 108 valence electrons. The standard InChI is InChI=1S/C14H18N2O4/c17-11-8-16(9-12(11)18)13(19)6-7-15-14(20)10-4-2-1-3-5-10/h1-5,11-12,17-18H,6-9H2,(H,15,20)/t11-,12+. The van der Waals surface area contributed by atoms with E-state index in [2.05, 4.69) is 5.32 Å². The number of carbonyl (C=O) groups is 2. The second-order valence-corrected chi connectivity index (χ2v) is 4.81. The molecule has 0 unspecified atom stereocenters. The molecular weight excluding hydrogens is 260 g/mol. The number of nitrogens with one attached hydrogen (secondary N) is 1. The maximum absolute atomic E-state index is 11.8. The Morgan fingerprint density at radius 3 is 2.35 bits per heavy atom. The van der Waals surface area contributed by atoms with Crippen molar-refractivity contribution in [3.05, 3.63) is 35.9 Å². The van der Waals surface area contributed by atoms with Crippen LogP contribution in [0.4, 0.5) is 0 Å². The summed E-state index contributed by atoms with van der Waals surface area (Å²) in [6.45, 7) is 0.522. The minimum Gasteiger partial charge on any atom is -0.388 e. The van der Waals surface area contributed by atoms with Crippen LogP contribution in [0.2, 0.25) is 0 Å². The van der Waals surface area contributed by atoms with E-state index < -0.39 is 12.2 Å². The van der Waals surface area contributed by atoms with Crippen LogP contribution in [-0.2, 0) is 4.79 Å². The Hall–Kier alpha value is -1.92. The molecule has 0 aromatic heterocycles. The van der Waals surface area contributed by atoms with Crippen LogP contribution in [0.5, 0.6) is 0 Å². The van der Waals surface area contributed by atoms with Crippen molar-refractivity contribution >= 4 is 11.8 Å². The van der Waals surface area contributed by atoms with Gasteiger partial charge in [0.05, 0.1) is 12.2 Å². The fourth-order valence-electron chi connectivity index (χ4n) is 2.11. The minimum absolute atomic E-state index is 0.145. The van der Waals surface area contributed by atoms with Gasteiger partial charge in [-0.3, -0.25) is 9.59 Å². The molecule has 3 N–H and O–H groups in total. The molecule has 0 aliphatic carbocycles. The van der Waals surface area contributed by atoms with Gasteiger partial charge in [0, 0.05) is 31.6 Å². The normalized spacial score (nSPS) is 21.8. The molecule has 2 amide bonds. The van der Waals surface area contributed by atoms with Crippen molar-refractivity contribution in [2.75, 3.05) is 19.6 Å². The van der Waals surface area contributed by atoms with E-state index in [0.717, 1.165) is 0 Å². The van der Waals surface area contributed by atoms with E-state index in [4.69, 9.17) is 0 Å². The Balaban J connectivity index is 1.74. The van der Waals surface area contributed by atoms with Gasteiger partial charge >= 0.3 is 0 Å². The van der Waals surface area contributed by atoms with Gasteiger partial charge in [-0.25, -0.2) is 0 Å². The molecule has 20 heavy (non-hydrogen) atoms. The summed E-state index contributed by atoms with van der Waals surface area (Å²) in [5.41, 5.74) is 0.548. The van der Waals surface area contributed by atoms with Crippen molar-refractivity contribution in [2.24, 2.45) is 0 Å². The van der Waals surface area contributed by atoms with Crippen LogP contribution < -0.4 is 5.32 Å². The second-order valence-electron chi connectivity index (χ2n) is 4.81. The van der Waals surface area contributed by atoms with E-state index in [9.17, 15) is 19.8 Å². The van der Waals surface area contributed by atoms with Crippen LogP contribution in [0, 0.1) is 0 Å². The fourth-order valence-corrected chi connectivity index (χ4v) is 2.11. The molecular formula is C14H18N2O4. The number of nitrogens with zero attached hydrogens (tertiary/aromatic N) is 1. The Kier molecular flexibility index (Phi) is 4.70. The maximum atomic E-state index is 11.8. The topological polar surface area (TPSA) is 89.9 Å². The molecule has 1 heterocycles. The first-order valence-corrected chi connectivity index (χ1v) is 6.55. The smallest absolute Gasteiger partial charge is 0.251 e. The van der Waals surface area contributed by atoms with Gasteiger partial charge in [-0.15, -0.1) is 0 Å². The number of hydrogen-bond acceptors (Lipinski definition) is 4. The molecule has 1 saturated heterocycles. The molecule has 1 aromatic carbocycles. The van der Waals surface area contributed by atoms with Crippen LogP contribution in [0.3, 0.4) is 0 Å². The Bertz CT molecular complexity index is 467. The predicted molar refractivity (Wildman–Crippen MR) is 72.0 cm³/mol. The molecule has 1 fully saturated rings. The molecule has 2 rings (SSSR count). The number of β-amino-alcohol motifs (C(OH)–C–C–N with tert-alkyl or cyclic N) is 2. The molecule has 2 atom stereocenters. The third-order valence-corrected chi connectivity index (χ3v) is 3.27. The summed E-state index contributed by atoms with van der Waals surface area (Å²) in [7, 11) is 0. The molecule has 1 aliphatic heterocycles. The van der Waals surface area contributed by atoms with Gasteiger partial charge in [-0.05, 0) is 12.1 Å². The lowest BCUT2D eigenvalue weighted by Gasteiger charge is -2.15. The van der Waals surface area contributed by atoms with Gasteiger partial charge in [-0.1, -0.05) is 18.2 Å². The summed E-state index contributed by atoms with van der Waals surface area (Å²) in [6, 6.07) is 8.76. The number of carbonyl (C=O) groups excluding carboxylic acids is 2. The highest BCUT2D eigenvalue weighted by molar-refractivity contribution is 5.94. The van der Waals surface area contributed by atoms with Gasteiger partial charge in [-0.2, -0.15) is 0 Å². The SMILES string of the molecule is O=C(NCCC(=O)N1C[C@@H](O)[C@@H](O)C1)c1ccccc1. The zero-order chi connectivity index (χ0) is 14.5. The van der Waals surface area contributed by atoms with E-state index >= 15 is 0 Å². The average molecular weight is 278 g/mol. The monoisotopic (exact) mass is 278 g/mol. The zero-order valence-electron chi connectivity index (χ0n) is 11.0. The van der Waals surface area contributed by atoms with Crippen molar-refractivity contribution in [1.82, 2.24) is 10.2 Å². The van der Waals surface area contributed by atoms with Crippen molar-refractivity contribution in [1.29, 1.82) is 0 Å². The zero-order valence-corrected chi connectivity index (χ0v) is 11.0. The second kappa shape index (κ2) is 6.49. The Morgan fingerprint density at radius 1 is 1.15 bits per heavy atom. The Labute approximate surface area is 117 Å².